The summed E-state index contributed by atoms with van der Waals surface area (Å²) < 4.78 is 1.71. The fraction of sp³-hybridized carbons (Fsp3) is 0.250. The van der Waals surface area contributed by atoms with Crippen molar-refractivity contribution in [1.82, 2.24) is 20.1 Å². The van der Waals surface area contributed by atoms with Crippen LogP contribution in [0.3, 0.4) is 0 Å². The van der Waals surface area contributed by atoms with Crippen LogP contribution in [-0.2, 0) is 16.8 Å². The molecule has 1 fully saturated rings. The SMILES string of the molecule is Cc1cccc(C2(C(=O)NCc3ccnc(-n4cccn4)c3)CC2)c1. The summed E-state index contributed by atoms with van der Waals surface area (Å²) in [5.74, 6) is 0.854. The summed E-state index contributed by atoms with van der Waals surface area (Å²) in [6, 6.07) is 14.0. The van der Waals surface area contributed by atoms with Crippen LogP contribution in [0.1, 0.15) is 29.5 Å². The molecule has 2 aromatic heterocycles. The summed E-state index contributed by atoms with van der Waals surface area (Å²) in [5, 5.41) is 7.28. The third-order valence-electron chi connectivity index (χ3n) is 4.76. The van der Waals surface area contributed by atoms with Gasteiger partial charge in [0, 0.05) is 25.1 Å². The van der Waals surface area contributed by atoms with Crippen LogP contribution in [0.25, 0.3) is 5.82 Å². The lowest BCUT2D eigenvalue weighted by Gasteiger charge is -2.16. The Balaban J connectivity index is 1.47. The minimum Gasteiger partial charge on any atom is -0.351 e. The van der Waals surface area contributed by atoms with Gasteiger partial charge in [0.2, 0.25) is 5.91 Å². The molecule has 0 unspecified atom stereocenters. The van der Waals surface area contributed by atoms with Crippen LogP contribution >= 0.6 is 0 Å². The summed E-state index contributed by atoms with van der Waals surface area (Å²) >= 11 is 0. The number of pyridine rings is 1. The van der Waals surface area contributed by atoms with Gasteiger partial charge in [-0.25, -0.2) is 9.67 Å². The molecule has 0 spiro atoms. The van der Waals surface area contributed by atoms with Crippen molar-refractivity contribution in [3.8, 4) is 5.82 Å². The number of carbonyl (C=O) groups excluding carboxylic acids is 1. The first-order chi connectivity index (χ1) is 12.2. The van der Waals surface area contributed by atoms with E-state index >= 15 is 0 Å². The van der Waals surface area contributed by atoms with Gasteiger partial charge in [-0.05, 0) is 49.1 Å². The number of rotatable bonds is 5. The second-order valence-corrected chi connectivity index (χ2v) is 6.61. The molecule has 0 radical (unpaired) electrons. The Hall–Kier alpha value is -2.95. The van der Waals surface area contributed by atoms with Crippen molar-refractivity contribution in [2.24, 2.45) is 0 Å². The topological polar surface area (TPSA) is 59.8 Å². The third-order valence-corrected chi connectivity index (χ3v) is 4.76. The van der Waals surface area contributed by atoms with Gasteiger partial charge in [0.05, 0.1) is 5.41 Å². The average molecular weight is 332 g/mol. The quantitative estimate of drug-likeness (QED) is 0.781. The fourth-order valence-electron chi connectivity index (χ4n) is 3.17. The minimum atomic E-state index is -0.343. The third kappa shape index (κ3) is 3.05. The maximum absolute atomic E-state index is 12.8. The summed E-state index contributed by atoms with van der Waals surface area (Å²) in [6.07, 6.45) is 7.14. The van der Waals surface area contributed by atoms with Gasteiger partial charge < -0.3 is 5.32 Å². The standard InChI is InChI=1S/C20H20N4O/c1-15-4-2-5-17(12-15)20(7-8-20)19(25)22-14-16-6-10-21-18(13-16)24-11-3-9-23-24/h2-6,9-13H,7-8,14H2,1H3,(H,22,25). The molecule has 5 heteroatoms. The largest absolute Gasteiger partial charge is 0.351 e. The van der Waals surface area contributed by atoms with E-state index in [0.717, 1.165) is 29.8 Å². The second-order valence-electron chi connectivity index (χ2n) is 6.61. The first kappa shape index (κ1) is 15.6. The monoisotopic (exact) mass is 332 g/mol. The molecule has 2 heterocycles. The van der Waals surface area contributed by atoms with Crippen molar-refractivity contribution >= 4 is 5.91 Å². The second kappa shape index (κ2) is 6.16. The van der Waals surface area contributed by atoms with Crippen LogP contribution in [0, 0.1) is 6.92 Å². The van der Waals surface area contributed by atoms with Crippen LogP contribution in [-0.4, -0.2) is 20.7 Å². The molecule has 1 amide bonds. The highest BCUT2D eigenvalue weighted by molar-refractivity contribution is 5.91. The van der Waals surface area contributed by atoms with E-state index < -0.39 is 0 Å². The molecular weight excluding hydrogens is 312 g/mol. The van der Waals surface area contributed by atoms with E-state index in [4.69, 9.17) is 0 Å². The van der Waals surface area contributed by atoms with Crippen molar-refractivity contribution in [3.05, 3.63) is 77.7 Å². The number of hydrogen-bond donors (Lipinski definition) is 1. The van der Waals surface area contributed by atoms with E-state index in [1.165, 1.54) is 5.56 Å². The van der Waals surface area contributed by atoms with Gasteiger partial charge in [-0.3, -0.25) is 4.79 Å². The summed E-state index contributed by atoms with van der Waals surface area (Å²) in [6.45, 7) is 2.55. The smallest absolute Gasteiger partial charge is 0.230 e. The minimum absolute atomic E-state index is 0.107. The number of amides is 1. The van der Waals surface area contributed by atoms with Gasteiger partial charge in [0.25, 0.3) is 0 Å². The zero-order chi connectivity index (χ0) is 17.3. The molecule has 126 valence electrons. The predicted molar refractivity (Wildman–Crippen MR) is 95.3 cm³/mol. The first-order valence-corrected chi connectivity index (χ1v) is 8.48. The molecule has 3 aromatic rings. The number of benzene rings is 1. The number of aryl methyl sites for hydroxylation is 1. The molecule has 4 rings (SSSR count). The number of nitrogens with one attached hydrogen (secondary N) is 1. The lowest BCUT2D eigenvalue weighted by Crippen LogP contribution is -2.34. The molecule has 25 heavy (non-hydrogen) atoms. The molecule has 0 bridgehead atoms. The predicted octanol–water partition coefficient (Wildman–Crippen LogP) is 2.92. The maximum atomic E-state index is 12.8. The Morgan fingerprint density at radius 1 is 1.20 bits per heavy atom. The van der Waals surface area contributed by atoms with Crippen LogP contribution in [0.4, 0.5) is 0 Å². The van der Waals surface area contributed by atoms with Crippen molar-refractivity contribution in [2.75, 3.05) is 0 Å². The molecule has 0 saturated heterocycles. The molecule has 5 nitrogen and oxygen atoms in total. The molecule has 1 N–H and O–H groups in total. The number of carbonyl (C=O) groups is 1. The highest BCUT2D eigenvalue weighted by Crippen LogP contribution is 2.48. The van der Waals surface area contributed by atoms with Crippen LogP contribution in [0.2, 0.25) is 0 Å². The van der Waals surface area contributed by atoms with Crippen LogP contribution in [0.5, 0.6) is 0 Å². The molecular formula is C20H20N4O. The Morgan fingerprint density at radius 3 is 2.80 bits per heavy atom. The number of nitrogens with zero attached hydrogens (tertiary/aromatic N) is 3. The Kier molecular flexibility index (Phi) is 3.84. The van der Waals surface area contributed by atoms with Crippen molar-refractivity contribution < 1.29 is 4.79 Å². The number of hydrogen-bond acceptors (Lipinski definition) is 3. The maximum Gasteiger partial charge on any atom is 0.230 e. The van der Waals surface area contributed by atoms with Gasteiger partial charge in [-0.1, -0.05) is 29.8 Å². The molecule has 0 aliphatic heterocycles. The lowest BCUT2D eigenvalue weighted by molar-refractivity contribution is -0.123. The molecule has 1 aliphatic carbocycles. The lowest BCUT2D eigenvalue weighted by atomic mass is 9.93. The Morgan fingerprint density at radius 2 is 2.08 bits per heavy atom. The Bertz CT molecular complexity index is 898. The van der Waals surface area contributed by atoms with Crippen molar-refractivity contribution in [1.29, 1.82) is 0 Å². The van der Waals surface area contributed by atoms with E-state index in [2.05, 4.69) is 40.5 Å². The molecule has 1 aliphatic rings. The summed E-state index contributed by atoms with van der Waals surface area (Å²) in [7, 11) is 0. The van der Waals surface area contributed by atoms with Crippen LogP contribution in [0.15, 0.2) is 61.1 Å². The highest BCUT2D eigenvalue weighted by atomic mass is 16.2. The van der Waals surface area contributed by atoms with Crippen molar-refractivity contribution in [2.45, 2.75) is 31.7 Å². The average Bonchev–Trinajstić information content (AvgIpc) is 3.27. The molecule has 1 saturated carbocycles. The van der Waals surface area contributed by atoms with Gasteiger partial charge in [-0.2, -0.15) is 5.10 Å². The Labute approximate surface area is 146 Å². The van der Waals surface area contributed by atoms with Gasteiger partial charge >= 0.3 is 0 Å². The zero-order valence-corrected chi connectivity index (χ0v) is 14.1. The van der Waals surface area contributed by atoms with E-state index in [1.807, 2.05) is 30.5 Å². The van der Waals surface area contributed by atoms with Gasteiger partial charge in [0.1, 0.15) is 0 Å². The summed E-state index contributed by atoms with van der Waals surface area (Å²) in [5.41, 5.74) is 2.98. The zero-order valence-electron chi connectivity index (χ0n) is 14.1. The van der Waals surface area contributed by atoms with Gasteiger partial charge in [0.15, 0.2) is 5.82 Å². The van der Waals surface area contributed by atoms with E-state index in [0.29, 0.717) is 6.54 Å². The van der Waals surface area contributed by atoms with E-state index in [-0.39, 0.29) is 11.3 Å². The number of aromatic nitrogens is 3. The molecule has 0 atom stereocenters. The van der Waals surface area contributed by atoms with Gasteiger partial charge in [-0.15, -0.1) is 0 Å². The molecule has 1 aromatic carbocycles. The highest BCUT2D eigenvalue weighted by Gasteiger charge is 2.51. The summed E-state index contributed by atoms with van der Waals surface area (Å²) in [4.78, 5) is 17.1. The van der Waals surface area contributed by atoms with Crippen molar-refractivity contribution in [3.63, 3.8) is 0 Å². The van der Waals surface area contributed by atoms with Crippen LogP contribution < -0.4 is 5.32 Å². The van der Waals surface area contributed by atoms with E-state index in [1.54, 1.807) is 17.1 Å². The fourth-order valence-corrected chi connectivity index (χ4v) is 3.17. The first-order valence-electron chi connectivity index (χ1n) is 8.48. The normalized spacial score (nSPS) is 14.9. The van der Waals surface area contributed by atoms with E-state index in [9.17, 15) is 4.79 Å².